The molecule has 0 atom stereocenters. The molecule has 2 heteroatoms. The van der Waals surface area contributed by atoms with Crippen LogP contribution >= 0.6 is 11.1 Å². The lowest BCUT2D eigenvalue weighted by atomic mass is 10.2. The predicted molar refractivity (Wildman–Crippen MR) is 47.1 cm³/mol. The molecule has 0 aromatic heterocycles. The third-order valence-electron chi connectivity index (χ3n) is 1.47. The molecular weight excluding hydrogens is 160 g/mol. The van der Waals surface area contributed by atoms with E-state index in [1.807, 2.05) is 0 Å². The van der Waals surface area contributed by atoms with Crippen LogP contribution in [0.15, 0.2) is 24.3 Å². The zero-order valence-electron chi connectivity index (χ0n) is 5.89. The molecule has 0 unspecified atom stereocenters. The molecular formula is C8H9ClSi. The summed E-state index contributed by atoms with van der Waals surface area (Å²) >= 11 is 5.65. The second-order valence-corrected chi connectivity index (χ2v) is 3.48. The molecule has 1 aromatic rings. The van der Waals surface area contributed by atoms with Gasteiger partial charge in [0.15, 0.2) is 0 Å². The summed E-state index contributed by atoms with van der Waals surface area (Å²) in [6.07, 6.45) is 1.10. The standard InChI is InChI=1S/C8H9ClSi/c1-2-7-3-5-8(10-9)6-4-7/h3-6H,2H2,1H3. The van der Waals surface area contributed by atoms with E-state index in [-0.39, 0.29) is 0 Å². The van der Waals surface area contributed by atoms with Gasteiger partial charge < -0.3 is 0 Å². The van der Waals surface area contributed by atoms with Crippen molar-refractivity contribution in [2.45, 2.75) is 13.3 Å². The molecule has 1 aromatic carbocycles. The Balaban J connectivity index is 2.80. The average Bonchev–Trinajstić information content (AvgIpc) is 2.05. The highest BCUT2D eigenvalue weighted by Gasteiger charge is 1.90. The third-order valence-corrected chi connectivity index (χ3v) is 2.68. The van der Waals surface area contributed by atoms with Gasteiger partial charge in [0.1, 0.15) is 0 Å². The van der Waals surface area contributed by atoms with Crippen molar-refractivity contribution in [2.24, 2.45) is 0 Å². The van der Waals surface area contributed by atoms with Crippen LogP contribution in [-0.2, 0) is 6.42 Å². The Kier molecular flexibility index (Phi) is 2.97. The Morgan fingerprint density at radius 3 is 2.30 bits per heavy atom. The molecule has 0 amide bonds. The average molecular weight is 169 g/mol. The molecule has 0 bridgehead atoms. The van der Waals surface area contributed by atoms with Crippen molar-refractivity contribution in [1.82, 2.24) is 0 Å². The van der Waals surface area contributed by atoms with E-state index in [0.29, 0.717) is 8.83 Å². The van der Waals surface area contributed by atoms with Gasteiger partial charge >= 0.3 is 0 Å². The van der Waals surface area contributed by atoms with Crippen molar-refractivity contribution in [3.63, 3.8) is 0 Å². The lowest BCUT2D eigenvalue weighted by Gasteiger charge is -1.95. The van der Waals surface area contributed by atoms with Crippen molar-refractivity contribution in [3.05, 3.63) is 29.8 Å². The van der Waals surface area contributed by atoms with Gasteiger partial charge in [-0.15, -0.1) is 0 Å². The number of rotatable bonds is 2. The van der Waals surface area contributed by atoms with E-state index in [1.165, 1.54) is 10.8 Å². The van der Waals surface area contributed by atoms with E-state index in [1.54, 1.807) is 0 Å². The van der Waals surface area contributed by atoms with Crippen LogP contribution in [0.2, 0.25) is 0 Å². The van der Waals surface area contributed by atoms with Gasteiger partial charge in [-0.2, -0.15) is 11.1 Å². The fraction of sp³-hybridized carbons (Fsp3) is 0.250. The van der Waals surface area contributed by atoms with Crippen molar-refractivity contribution < 1.29 is 0 Å². The first kappa shape index (κ1) is 7.83. The first-order chi connectivity index (χ1) is 4.86. The lowest BCUT2D eigenvalue weighted by molar-refractivity contribution is 1.14. The minimum absolute atomic E-state index is 0.400. The van der Waals surface area contributed by atoms with Gasteiger partial charge in [0.25, 0.3) is 0 Å². The van der Waals surface area contributed by atoms with E-state index in [0.717, 1.165) is 6.42 Å². The number of halogens is 1. The highest BCUT2D eigenvalue weighted by atomic mass is 35.6. The first-order valence-corrected chi connectivity index (χ1v) is 5.33. The van der Waals surface area contributed by atoms with E-state index in [4.69, 9.17) is 11.1 Å². The quantitative estimate of drug-likeness (QED) is 0.466. The van der Waals surface area contributed by atoms with Crippen LogP contribution in [0.1, 0.15) is 12.5 Å². The minimum Gasteiger partial charge on any atom is -0.165 e. The number of aryl methyl sites for hydroxylation is 1. The Labute approximate surface area is 68.7 Å². The minimum atomic E-state index is 0.400. The summed E-state index contributed by atoms with van der Waals surface area (Å²) in [5.41, 5.74) is 1.37. The molecule has 0 saturated carbocycles. The molecule has 0 N–H and O–H groups in total. The summed E-state index contributed by atoms with van der Waals surface area (Å²) in [4.78, 5) is 0. The molecule has 0 spiro atoms. The number of benzene rings is 1. The molecule has 0 nitrogen and oxygen atoms in total. The van der Waals surface area contributed by atoms with Gasteiger partial charge in [-0.25, -0.2) is 0 Å². The summed E-state index contributed by atoms with van der Waals surface area (Å²) in [7, 11) is 0.400. The Morgan fingerprint density at radius 2 is 1.90 bits per heavy atom. The maximum atomic E-state index is 5.65. The zero-order chi connectivity index (χ0) is 7.40. The normalized spacial score (nSPS) is 9.80. The van der Waals surface area contributed by atoms with Crippen LogP contribution < -0.4 is 5.19 Å². The van der Waals surface area contributed by atoms with Crippen molar-refractivity contribution in [2.75, 3.05) is 0 Å². The molecule has 2 radical (unpaired) electrons. The van der Waals surface area contributed by atoms with Crippen LogP contribution in [0.5, 0.6) is 0 Å². The van der Waals surface area contributed by atoms with Crippen LogP contribution in [0.3, 0.4) is 0 Å². The monoisotopic (exact) mass is 168 g/mol. The SMILES string of the molecule is CCc1ccc([Si]Cl)cc1. The Morgan fingerprint density at radius 1 is 1.30 bits per heavy atom. The number of hydrogen-bond acceptors (Lipinski definition) is 0. The smallest absolute Gasteiger partial charge is 0.165 e. The van der Waals surface area contributed by atoms with Crippen LogP contribution in [0.25, 0.3) is 0 Å². The molecule has 0 aliphatic carbocycles. The Hall–Kier alpha value is -0.273. The largest absolute Gasteiger partial charge is 0.210 e. The van der Waals surface area contributed by atoms with Gasteiger partial charge in [0, 0.05) is 0 Å². The molecule has 52 valence electrons. The molecule has 0 aliphatic heterocycles. The zero-order valence-corrected chi connectivity index (χ0v) is 7.65. The van der Waals surface area contributed by atoms with Gasteiger partial charge in [-0.1, -0.05) is 31.2 Å². The second-order valence-electron chi connectivity index (χ2n) is 2.14. The topological polar surface area (TPSA) is 0 Å². The first-order valence-electron chi connectivity index (χ1n) is 3.32. The molecule has 0 saturated heterocycles. The van der Waals surface area contributed by atoms with E-state index < -0.39 is 0 Å². The summed E-state index contributed by atoms with van der Waals surface area (Å²) in [6, 6.07) is 8.43. The van der Waals surface area contributed by atoms with Crippen LogP contribution in [0, 0.1) is 0 Å². The molecule has 0 heterocycles. The molecule has 0 aliphatic rings. The van der Waals surface area contributed by atoms with Gasteiger partial charge in [-0.05, 0) is 17.2 Å². The van der Waals surface area contributed by atoms with E-state index in [9.17, 15) is 0 Å². The summed E-state index contributed by atoms with van der Waals surface area (Å²) < 4.78 is 0. The summed E-state index contributed by atoms with van der Waals surface area (Å²) in [5.74, 6) is 0. The molecule has 0 fully saturated rings. The highest BCUT2D eigenvalue weighted by molar-refractivity contribution is 7.01. The lowest BCUT2D eigenvalue weighted by Crippen LogP contribution is -2.07. The second kappa shape index (κ2) is 3.79. The van der Waals surface area contributed by atoms with Gasteiger partial charge in [0.2, 0.25) is 8.83 Å². The fourth-order valence-electron chi connectivity index (χ4n) is 0.803. The van der Waals surface area contributed by atoms with Crippen molar-refractivity contribution in [1.29, 1.82) is 0 Å². The third kappa shape index (κ3) is 1.86. The Bertz CT molecular complexity index is 170. The van der Waals surface area contributed by atoms with Crippen molar-refractivity contribution >= 4 is 25.1 Å². The van der Waals surface area contributed by atoms with Gasteiger partial charge in [0.05, 0.1) is 0 Å². The van der Waals surface area contributed by atoms with E-state index in [2.05, 4.69) is 31.2 Å². The summed E-state index contributed by atoms with van der Waals surface area (Å²) in [5, 5.41) is 1.22. The maximum Gasteiger partial charge on any atom is 0.210 e. The highest BCUT2D eigenvalue weighted by Crippen LogP contribution is 1.96. The molecule has 1 rings (SSSR count). The maximum absolute atomic E-state index is 5.65. The summed E-state index contributed by atoms with van der Waals surface area (Å²) in [6.45, 7) is 2.15. The number of hydrogen-bond donors (Lipinski definition) is 0. The molecule has 10 heavy (non-hydrogen) atoms. The van der Waals surface area contributed by atoms with Crippen LogP contribution in [0.4, 0.5) is 0 Å². The van der Waals surface area contributed by atoms with Crippen LogP contribution in [-0.4, -0.2) is 8.83 Å². The van der Waals surface area contributed by atoms with Crippen molar-refractivity contribution in [3.8, 4) is 0 Å². The van der Waals surface area contributed by atoms with Gasteiger partial charge in [-0.3, -0.25) is 0 Å². The van der Waals surface area contributed by atoms with E-state index >= 15 is 0 Å². The predicted octanol–water partition coefficient (Wildman–Crippen LogP) is 1.73. The fourth-order valence-corrected chi connectivity index (χ4v) is 1.47.